The van der Waals surface area contributed by atoms with Crippen molar-refractivity contribution in [1.29, 1.82) is 0 Å². The van der Waals surface area contributed by atoms with Gasteiger partial charge in [0, 0.05) is 5.75 Å². The van der Waals surface area contributed by atoms with Crippen LogP contribution >= 0.6 is 0 Å². The quantitative estimate of drug-likeness (QED) is 0.640. The molecular formula is C8H15O4S-. The van der Waals surface area contributed by atoms with Gasteiger partial charge in [0.25, 0.3) is 0 Å². The van der Waals surface area contributed by atoms with Crippen molar-refractivity contribution < 1.29 is 17.7 Å². The van der Waals surface area contributed by atoms with E-state index in [9.17, 15) is 13.0 Å². The fourth-order valence-corrected chi connectivity index (χ4v) is 2.27. The van der Waals surface area contributed by atoms with E-state index < -0.39 is 10.1 Å². The summed E-state index contributed by atoms with van der Waals surface area (Å²) in [7, 11) is -4.05. The molecular weight excluding hydrogens is 192 g/mol. The predicted octanol–water partition coefficient (Wildman–Crippen LogP) is 0.737. The Morgan fingerprint density at radius 3 is 2.54 bits per heavy atom. The third-order valence-corrected chi connectivity index (χ3v) is 3.00. The summed E-state index contributed by atoms with van der Waals surface area (Å²) in [6, 6.07) is 0. The van der Waals surface area contributed by atoms with Gasteiger partial charge in [-0.25, -0.2) is 8.42 Å². The molecule has 0 aromatic heterocycles. The van der Waals surface area contributed by atoms with Gasteiger partial charge in [0.15, 0.2) is 0 Å². The Balaban J connectivity index is 2.34. The molecule has 0 saturated carbocycles. The van der Waals surface area contributed by atoms with Crippen molar-refractivity contribution in [1.82, 2.24) is 0 Å². The van der Waals surface area contributed by atoms with E-state index >= 15 is 0 Å². The van der Waals surface area contributed by atoms with Gasteiger partial charge >= 0.3 is 0 Å². The molecule has 5 heteroatoms. The van der Waals surface area contributed by atoms with Crippen molar-refractivity contribution in [2.75, 3.05) is 12.4 Å². The van der Waals surface area contributed by atoms with Crippen LogP contribution in [0.3, 0.4) is 0 Å². The van der Waals surface area contributed by atoms with Crippen LogP contribution in [0.5, 0.6) is 0 Å². The van der Waals surface area contributed by atoms with Crippen LogP contribution in [0.1, 0.15) is 26.7 Å². The average molecular weight is 207 g/mol. The van der Waals surface area contributed by atoms with Crippen LogP contribution in [0.15, 0.2) is 0 Å². The molecule has 1 heterocycles. The van der Waals surface area contributed by atoms with E-state index in [1.54, 1.807) is 0 Å². The molecule has 1 rings (SSSR count). The zero-order chi connectivity index (χ0) is 10.1. The number of hydrogen-bond acceptors (Lipinski definition) is 4. The first-order chi connectivity index (χ1) is 5.79. The molecule has 13 heavy (non-hydrogen) atoms. The molecule has 0 aromatic rings. The van der Waals surface area contributed by atoms with Crippen LogP contribution in [0.25, 0.3) is 0 Å². The summed E-state index contributed by atoms with van der Waals surface area (Å²) in [6.07, 6.45) is 1.26. The van der Waals surface area contributed by atoms with Crippen LogP contribution < -0.4 is 0 Å². The van der Waals surface area contributed by atoms with Gasteiger partial charge in [0.1, 0.15) is 0 Å². The van der Waals surface area contributed by atoms with Gasteiger partial charge in [-0.05, 0) is 32.6 Å². The molecule has 0 amide bonds. The first kappa shape index (κ1) is 10.9. The van der Waals surface area contributed by atoms with Crippen molar-refractivity contribution >= 4 is 10.1 Å². The second kappa shape index (κ2) is 3.55. The lowest BCUT2D eigenvalue weighted by Crippen LogP contribution is -2.17. The highest BCUT2D eigenvalue weighted by molar-refractivity contribution is 7.85. The highest BCUT2D eigenvalue weighted by Crippen LogP contribution is 2.31. The lowest BCUT2D eigenvalue weighted by atomic mass is 9.96. The minimum atomic E-state index is -4.05. The lowest BCUT2D eigenvalue weighted by Gasteiger charge is -2.15. The van der Waals surface area contributed by atoms with Crippen LogP contribution in [0.4, 0.5) is 0 Å². The van der Waals surface area contributed by atoms with Gasteiger partial charge in [-0.1, -0.05) is 0 Å². The van der Waals surface area contributed by atoms with Gasteiger partial charge in [-0.3, -0.25) is 0 Å². The Morgan fingerprint density at radius 2 is 2.15 bits per heavy atom. The van der Waals surface area contributed by atoms with E-state index in [0.29, 0.717) is 13.0 Å². The molecule has 1 unspecified atom stereocenters. The molecule has 1 atom stereocenters. The molecule has 0 aliphatic carbocycles. The molecule has 1 fully saturated rings. The standard InChI is InChI=1S/C8H16O4S/c1-8(2)5-7(6-12-8)3-4-13(9,10)11/h7H,3-6H2,1-2H3,(H,9,10,11)/p-1. The summed E-state index contributed by atoms with van der Waals surface area (Å²) in [6.45, 7) is 4.51. The van der Waals surface area contributed by atoms with Crippen molar-refractivity contribution in [3.05, 3.63) is 0 Å². The van der Waals surface area contributed by atoms with Crippen molar-refractivity contribution in [3.63, 3.8) is 0 Å². The number of hydrogen-bond donors (Lipinski definition) is 0. The number of rotatable bonds is 3. The van der Waals surface area contributed by atoms with E-state index in [-0.39, 0.29) is 17.3 Å². The monoisotopic (exact) mass is 207 g/mol. The molecule has 0 aromatic carbocycles. The van der Waals surface area contributed by atoms with Crippen molar-refractivity contribution in [3.8, 4) is 0 Å². The van der Waals surface area contributed by atoms with E-state index in [4.69, 9.17) is 4.74 Å². The fourth-order valence-electron chi connectivity index (χ4n) is 1.65. The second-order valence-electron chi connectivity index (χ2n) is 4.19. The molecule has 0 bridgehead atoms. The molecule has 0 radical (unpaired) electrons. The Hall–Kier alpha value is -0.130. The normalized spacial score (nSPS) is 27.8. The molecule has 78 valence electrons. The number of ether oxygens (including phenoxy) is 1. The minimum Gasteiger partial charge on any atom is -0.748 e. The summed E-state index contributed by atoms with van der Waals surface area (Å²) in [5.74, 6) is -0.0457. The highest BCUT2D eigenvalue weighted by Gasteiger charge is 2.31. The maximum atomic E-state index is 10.4. The van der Waals surface area contributed by atoms with E-state index in [1.165, 1.54) is 0 Å². The van der Waals surface area contributed by atoms with Crippen LogP contribution in [0, 0.1) is 5.92 Å². The van der Waals surface area contributed by atoms with Gasteiger partial charge in [-0.15, -0.1) is 0 Å². The smallest absolute Gasteiger partial charge is 0.0946 e. The Bertz CT molecular complexity index is 268. The predicted molar refractivity (Wildman–Crippen MR) is 47.3 cm³/mol. The fraction of sp³-hybridized carbons (Fsp3) is 1.00. The van der Waals surface area contributed by atoms with Crippen molar-refractivity contribution in [2.24, 2.45) is 5.92 Å². The molecule has 4 nitrogen and oxygen atoms in total. The van der Waals surface area contributed by atoms with Crippen LogP contribution in [-0.4, -0.2) is 30.9 Å². The maximum absolute atomic E-state index is 10.4. The van der Waals surface area contributed by atoms with E-state index in [2.05, 4.69) is 0 Å². The SMILES string of the molecule is CC1(C)CC(CCS(=O)(=O)[O-])CO1. The van der Waals surface area contributed by atoms with Gasteiger partial charge in [0.2, 0.25) is 0 Å². The van der Waals surface area contributed by atoms with Gasteiger partial charge < -0.3 is 9.29 Å². The molecule has 0 spiro atoms. The van der Waals surface area contributed by atoms with E-state index in [0.717, 1.165) is 6.42 Å². The Kier molecular flexibility index (Phi) is 2.99. The maximum Gasteiger partial charge on any atom is 0.0946 e. The van der Waals surface area contributed by atoms with Gasteiger partial charge in [-0.2, -0.15) is 0 Å². The Labute approximate surface area is 79.0 Å². The van der Waals surface area contributed by atoms with Crippen LogP contribution in [-0.2, 0) is 14.9 Å². The topological polar surface area (TPSA) is 66.4 Å². The van der Waals surface area contributed by atoms with E-state index in [1.807, 2.05) is 13.8 Å². The zero-order valence-electron chi connectivity index (χ0n) is 7.95. The molecule has 1 saturated heterocycles. The Morgan fingerprint density at radius 1 is 1.54 bits per heavy atom. The summed E-state index contributed by atoms with van der Waals surface area (Å²) in [5.41, 5.74) is -0.155. The summed E-state index contributed by atoms with van der Waals surface area (Å²) in [5, 5.41) is 0. The summed E-state index contributed by atoms with van der Waals surface area (Å²) in [4.78, 5) is 0. The third kappa shape index (κ3) is 4.06. The van der Waals surface area contributed by atoms with Crippen molar-refractivity contribution in [2.45, 2.75) is 32.3 Å². The first-order valence-corrected chi connectivity index (χ1v) is 5.94. The largest absolute Gasteiger partial charge is 0.748 e. The average Bonchev–Trinajstić information content (AvgIpc) is 2.24. The first-order valence-electron chi connectivity index (χ1n) is 4.36. The lowest BCUT2D eigenvalue weighted by molar-refractivity contribution is 0.0350. The molecule has 0 N–H and O–H groups in total. The highest BCUT2D eigenvalue weighted by atomic mass is 32.2. The molecule has 1 aliphatic rings. The minimum absolute atomic E-state index is 0.155. The zero-order valence-corrected chi connectivity index (χ0v) is 8.76. The third-order valence-electron chi connectivity index (χ3n) is 2.27. The van der Waals surface area contributed by atoms with Gasteiger partial charge in [0.05, 0.1) is 22.3 Å². The summed E-state index contributed by atoms with van der Waals surface area (Å²) < 4.78 is 36.5. The second-order valence-corrected chi connectivity index (χ2v) is 5.71. The molecule has 1 aliphatic heterocycles. The van der Waals surface area contributed by atoms with Crippen LogP contribution in [0.2, 0.25) is 0 Å². The summed E-state index contributed by atoms with van der Waals surface area (Å²) >= 11 is 0.